The fourth-order valence-corrected chi connectivity index (χ4v) is 3.58. The molecule has 0 aromatic carbocycles. The summed E-state index contributed by atoms with van der Waals surface area (Å²) in [4.78, 5) is 37.5. The highest BCUT2D eigenvalue weighted by Crippen LogP contribution is 2.33. The molecule has 6 heteroatoms. The molecule has 1 atom stereocenters. The van der Waals surface area contributed by atoms with Gasteiger partial charge < -0.3 is 10.2 Å². The molecule has 4 rings (SSSR count). The van der Waals surface area contributed by atoms with Gasteiger partial charge in [-0.3, -0.25) is 19.7 Å². The summed E-state index contributed by atoms with van der Waals surface area (Å²) in [6.45, 7) is 2.53. The van der Waals surface area contributed by atoms with Gasteiger partial charge in [0.1, 0.15) is 6.04 Å². The third-order valence-electron chi connectivity index (χ3n) is 4.96. The van der Waals surface area contributed by atoms with Gasteiger partial charge in [0.05, 0.1) is 0 Å². The number of nitrogens with one attached hydrogen (secondary N) is 2. The molecule has 3 aliphatic heterocycles. The van der Waals surface area contributed by atoms with Crippen LogP contribution in [-0.4, -0.2) is 48.3 Å². The van der Waals surface area contributed by atoms with E-state index in [9.17, 15) is 14.4 Å². The number of allylic oxidation sites excluding steroid dienone is 2. The van der Waals surface area contributed by atoms with Crippen molar-refractivity contribution < 1.29 is 14.4 Å². The summed E-state index contributed by atoms with van der Waals surface area (Å²) in [6.07, 6.45) is 7.65. The zero-order chi connectivity index (χ0) is 16.0. The van der Waals surface area contributed by atoms with Crippen molar-refractivity contribution in [2.75, 3.05) is 19.6 Å². The van der Waals surface area contributed by atoms with E-state index in [1.165, 1.54) is 5.57 Å². The molecule has 3 heterocycles. The third-order valence-corrected chi connectivity index (χ3v) is 4.96. The number of piperidine rings is 1. The van der Waals surface area contributed by atoms with Crippen molar-refractivity contribution in [1.29, 1.82) is 0 Å². The lowest BCUT2D eigenvalue weighted by Gasteiger charge is -2.29. The predicted octanol–water partition coefficient (Wildman–Crippen LogP) is 0.0361. The van der Waals surface area contributed by atoms with E-state index in [0.29, 0.717) is 25.3 Å². The number of rotatable bonds is 2. The molecule has 0 saturated carbocycles. The van der Waals surface area contributed by atoms with Crippen LogP contribution in [-0.2, 0) is 14.4 Å². The molecule has 1 aliphatic carbocycles. The maximum atomic E-state index is 12.6. The van der Waals surface area contributed by atoms with Crippen molar-refractivity contribution in [3.05, 3.63) is 34.9 Å². The third kappa shape index (κ3) is 2.53. The van der Waals surface area contributed by atoms with Gasteiger partial charge >= 0.3 is 0 Å². The van der Waals surface area contributed by atoms with Crippen molar-refractivity contribution in [2.24, 2.45) is 5.92 Å². The van der Waals surface area contributed by atoms with Crippen LogP contribution < -0.4 is 10.6 Å². The van der Waals surface area contributed by atoms with Gasteiger partial charge in [-0.1, -0.05) is 12.2 Å². The summed E-state index contributed by atoms with van der Waals surface area (Å²) in [5, 5.41) is 5.58. The fourth-order valence-electron chi connectivity index (χ4n) is 3.58. The number of carbonyl (C=O) groups excluding carboxylic acids is 3. The van der Waals surface area contributed by atoms with Gasteiger partial charge in [-0.15, -0.1) is 0 Å². The van der Waals surface area contributed by atoms with E-state index >= 15 is 0 Å². The van der Waals surface area contributed by atoms with Crippen molar-refractivity contribution in [3.63, 3.8) is 0 Å². The summed E-state index contributed by atoms with van der Waals surface area (Å²) in [5.74, 6) is -0.111. The first-order chi connectivity index (χ1) is 11.1. The second kappa shape index (κ2) is 5.45. The summed E-state index contributed by atoms with van der Waals surface area (Å²) >= 11 is 0. The zero-order valence-electron chi connectivity index (χ0n) is 12.8. The monoisotopic (exact) mass is 313 g/mol. The van der Waals surface area contributed by atoms with E-state index in [1.807, 2.05) is 12.2 Å². The van der Waals surface area contributed by atoms with Crippen molar-refractivity contribution in [2.45, 2.75) is 25.3 Å². The van der Waals surface area contributed by atoms with Crippen LogP contribution in [0.1, 0.15) is 19.3 Å². The first-order valence-electron chi connectivity index (χ1n) is 8.08. The Balaban J connectivity index is 1.49. The molecular weight excluding hydrogens is 294 g/mol. The average molecular weight is 313 g/mol. The summed E-state index contributed by atoms with van der Waals surface area (Å²) in [5.41, 5.74) is 3.05. The molecule has 0 spiro atoms. The molecule has 2 fully saturated rings. The first-order valence-corrected chi connectivity index (χ1v) is 8.08. The fraction of sp³-hybridized carbons (Fsp3) is 0.471. The minimum Gasteiger partial charge on any atom is -0.323 e. The van der Waals surface area contributed by atoms with Gasteiger partial charge in [-0.05, 0) is 30.1 Å². The Kier molecular flexibility index (Phi) is 3.41. The highest BCUT2D eigenvalue weighted by atomic mass is 16.2. The maximum Gasteiger partial charge on any atom is 0.254 e. The van der Waals surface area contributed by atoms with Crippen LogP contribution in [0.2, 0.25) is 0 Å². The second-order valence-corrected chi connectivity index (χ2v) is 6.59. The molecule has 0 aromatic heterocycles. The topological polar surface area (TPSA) is 78.5 Å². The normalized spacial score (nSPS) is 29.9. The number of carbonyl (C=O) groups is 3. The van der Waals surface area contributed by atoms with E-state index in [0.717, 1.165) is 30.7 Å². The molecule has 4 aliphatic rings. The van der Waals surface area contributed by atoms with Gasteiger partial charge in [0.25, 0.3) is 5.91 Å². The molecule has 0 radical (unpaired) electrons. The van der Waals surface area contributed by atoms with E-state index < -0.39 is 6.04 Å². The van der Waals surface area contributed by atoms with Crippen LogP contribution in [0.3, 0.4) is 0 Å². The lowest BCUT2D eigenvalue weighted by molar-refractivity contribution is -0.142. The van der Waals surface area contributed by atoms with Gasteiger partial charge in [-0.25, -0.2) is 0 Å². The Morgan fingerprint density at radius 2 is 2.00 bits per heavy atom. The Bertz CT molecular complexity index is 685. The Morgan fingerprint density at radius 1 is 1.17 bits per heavy atom. The number of imide groups is 1. The van der Waals surface area contributed by atoms with E-state index in [4.69, 9.17) is 0 Å². The molecule has 120 valence electrons. The molecule has 3 amide bonds. The lowest BCUT2D eigenvalue weighted by Crippen LogP contribution is -2.53. The molecule has 0 aromatic rings. The molecule has 6 nitrogen and oxygen atoms in total. The number of nitrogens with zero attached hydrogens (tertiary/aromatic N) is 1. The van der Waals surface area contributed by atoms with Crippen molar-refractivity contribution >= 4 is 17.7 Å². The maximum absolute atomic E-state index is 12.6. The second-order valence-electron chi connectivity index (χ2n) is 6.59. The summed E-state index contributed by atoms with van der Waals surface area (Å²) < 4.78 is 0. The van der Waals surface area contributed by atoms with E-state index in [1.54, 1.807) is 4.90 Å². The Labute approximate surface area is 134 Å². The van der Waals surface area contributed by atoms with Crippen molar-refractivity contribution in [3.8, 4) is 0 Å². The van der Waals surface area contributed by atoms with Crippen LogP contribution in [0, 0.1) is 5.92 Å². The van der Waals surface area contributed by atoms with Gasteiger partial charge in [-0.2, -0.15) is 0 Å². The van der Waals surface area contributed by atoms with Crippen LogP contribution in [0.15, 0.2) is 34.9 Å². The van der Waals surface area contributed by atoms with Gasteiger partial charge in [0.15, 0.2) is 0 Å². The largest absolute Gasteiger partial charge is 0.323 e. The predicted molar refractivity (Wildman–Crippen MR) is 83.1 cm³/mol. The minimum atomic E-state index is -0.525. The van der Waals surface area contributed by atoms with Crippen LogP contribution >= 0.6 is 0 Å². The number of hydrogen-bond donors (Lipinski definition) is 2. The molecule has 23 heavy (non-hydrogen) atoms. The van der Waals surface area contributed by atoms with Crippen LogP contribution in [0.4, 0.5) is 0 Å². The summed E-state index contributed by atoms with van der Waals surface area (Å²) in [6, 6.07) is -0.525. The number of hydrogen-bond acceptors (Lipinski definition) is 4. The molecular formula is C17H19N3O3. The van der Waals surface area contributed by atoms with E-state index in [-0.39, 0.29) is 17.7 Å². The van der Waals surface area contributed by atoms with Crippen LogP contribution in [0.25, 0.3) is 0 Å². The molecule has 2 saturated heterocycles. The van der Waals surface area contributed by atoms with Gasteiger partial charge in [0, 0.05) is 37.5 Å². The summed E-state index contributed by atoms with van der Waals surface area (Å²) in [7, 11) is 0. The highest BCUT2D eigenvalue weighted by molar-refractivity contribution is 6.06. The zero-order valence-corrected chi connectivity index (χ0v) is 12.8. The lowest BCUT2D eigenvalue weighted by atomic mass is 9.91. The molecule has 0 bridgehead atoms. The standard InChI is InChI=1S/C17H19N3O3/c21-15-4-3-14(16(22)19-15)20-9-12-6-10(5-11-7-18-8-11)1-2-13(12)17(20)23/h1-2,5,11,14,18H,3-4,6-9H2,(H,19,21,22). The van der Waals surface area contributed by atoms with E-state index in [2.05, 4.69) is 16.7 Å². The Hall–Kier alpha value is -2.21. The average Bonchev–Trinajstić information content (AvgIpc) is 2.80. The smallest absolute Gasteiger partial charge is 0.254 e. The highest BCUT2D eigenvalue weighted by Gasteiger charge is 2.40. The molecule has 1 unspecified atom stereocenters. The first kappa shape index (κ1) is 14.4. The molecule has 2 N–H and O–H groups in total. The number of amides is 3. The minimum absolute atomic E-state index is 0.0879. The quantitative estimate of drug-likeness (QED) is 0.706. The Morgan fingerprint density at radius 3 is 2.70 bits per heavy atom. The SMILES string of the molecule is O=C1CCC(N2CC3=C(C=CC(=CC4CNC4)C3)C2=O)C(=O)N1. The van der Waals surface area contributed by atoms with Crippen molar-refractivity contribution in [1.82, 2.24) is 15.5 Å². The van der Waals surface area contributed by atoms with Crippen LogP contribution in [0.5, 0.6) is 0 Å². The van der Waals surface area contributed by atoms with Gasteiger partial charge in [0.2, 0.25) is 11.8 Å².